The van der Waals surface area contributed by atoms with Crippen molar-refractivity contribution in [3.8, 4) is 12.1 Å². The average Bonchev–Trinajstić information content (AvgIpc) is 3.32. The molecular formula is C27H32N6OS. The lowest BCUT2D eigenvalue weighted by Crippen LogP contribution is -2.46. The highest BCUT2D eigenvalue weighted by atomic mass is 32.2. The van der Waals surface area contributed by atoms with E-state index in [1.165, 1.54) is 31.1 Å². The second-order valence-corrected chi connectivity index (χ2v) is 10.4. The molecule has 2 atom stereocenters. The van der Waals surface area contributed by atoms with Crippen LogP contribution in [0.15, 0.2) is 35.4 Å². The third-order valence-electron chi connectivity index (χ3n) is 7.25. The molecule has 2 aromatic rings. The lowest BCUT2D eigenvalue weighted by molar-refractivity contribution is -0.117. The summed E-state index contributed by atoms with van der Waals surface area (Å²) in [4.78, 5) is 22.0. The van der Waals surface area contributed by atoms with E-state index in [9.17, 15) is 15.3 Å². The molecule has 7 nitrogen and oxygen atoms in total. The van der Waals surface area contributed by atoms with Gasteiger partial charge in [-0.05, 0) is 56.7 Å². The molecule has 0 saturated carbocycles. The third-order valence-corrected chi connectivity index (χ3v) is 8.51. The maximum absolute atomic E-state index is 12.4. The van der Waals surface area contributed by atoms with Crippen LogP contribution < -0.4 is 10.6 Å². The van der Waals surface area contributed by atoms with Crippen molar-refractivity contribution in [3.05, 3.63) is 52.6 Å². The van der Waals surface area contributed by atoms with Crippen LogP contribution in [0.25, 0.3) is 0 Å². The smallest absolute Gasteiger partial charge is 0.235 e. The van der Waals surface area contributed by atoms with Gasteiger partial charge >= 0.3 is 0 Å². The number of benzene rings is 1. The molecule has 35 heavy (non-hydrogen) atoms. The predicted molar refractivity (Wildman–Crippen MR) is 138 cm³/mol. The van der Waals surface area contributed by atoms with Gasteiger partial charge in [-0.15, -0.1) is 0 Å². The van der Waals surface area contributed by atoms with Crippen LogP contribution in [-0.4, -0.2) is 47.5 Å². The summed E-state index contributed by atoms with van der Waals surface area (Å²) < 4.78 is 0. The van der Waals surface area contributed by atoms with Gasteiger partial charge in [0, 0.05) is 25.2 Å². The Morgan fingerprint density at radius 2 is 1.83 bits per heavy atom. The highest BCUT2D eigenvalue weighted by molar-refractivity contribution is 8.00. The maximum atomic E-state index is 12.4. The Morgan fingerprint density at radius 1 is 1.14 bits per heavy atom. The summed E-state index contributed by atoms with van der Waals surface area (Å²) >= 11 is 1.20. The van der Waals surface area contributed by atoms with Crippen molar-refractivity contribution in [2.45, 2.75) is 68.3 Å². The first-order chi connectivity index (χ1) is 17.0. The van der Waals surface area contributed by atoms with Gasteiger partial charge in [0.1, 0.15) is 28.2 Å². The number of likely N-dealkylation sites (tertiary alicyclic amines) is 1. The molecule has 0 spiro atoms. The maximum Gasteiger partial charge on any atom is 0.235 e. The zero-order chi connectivity index (χ0) is 24.9. The first kappa shape index (κ1) is 25.0. The number of aromatic nitrogens is 1. The molecule has 2 fully saturated rings. The van der Waals surface area contributed by atoms with Gasteiger partial charge in [-0.3, -0.25) is 9.69 Å². The zero-order valence-corrected chi connectivity index (χ0v) is 21.2. The topological polar surface area (TPSA) is 110 Å². The van der Waals surface area contributed by atoms with Gasteiger partial charge in [-0.1, -0.05) is 49.0 Å². The lowest BCUT2D eigenvalue weighted by atomic mass is 9.99. The summed E-state index contributed by atoms with van der Waals surface area (Å²) in [5.74, 6) is 0.131. The van der Waals surface area contributed by atoms with Crippen LogP contribution >= 0.6 is 11.8 Å². The minimum atomic E-state index is -0.677. The van der Waals surface area contributed by atoms with Crippen LogP contribution in [0.1, 0.15) is 67.0 Å². The molecule has 0 bridgehead atoms. The summed E-state index contributed by atoms with van der Waals surface area (Å²) in [7, 11) is 0. The summed E-state index contributed by atoms with van der Waals surface area (Å²) in [5.41, 5.74) is 8.05. The molecule has 1 aromatic carbocycles. The van der Waals surface area contributed by atoms with Gasteiger partial charge in [0.2, 0.25) is 5.91 Å². The molecule has 0 aliphatic carbocycles. The molecule has 4 rings (SSSR count). The summed E-state index contributed by atoms with van der Waals surface area (Å²) in [6.07, 6.45) is 5.10. The van der Waals surface area contributed by atoms with Gasteiger partial charge in [-0.2, -0.15) is 10.5 Å². The molecule has 2 saturated heterocycles. The Bertz CT molecular complexity index is 1150. The van der Waals surface area contributed by atoms with Crippen molar-refractivity contribution < 1.29 is 4.79 Å². The summed E-state index contributed by atoms with van der Waals surface area (Å²) in [6, 6.07) is 15.1. The van der Waals surface area contributed by atoms with E-state index in [4.69, 9.17) is 10.7 Å². The number of nitriles is 2. The van der Waals surface area contributed by atoms with Crippen LogP contribution in [0.3, 0.4) is 0 Å². The van der Waals surface area contributed by atoms with Crippen LogP contribution in [0.2, 0.25) is 0 Å². The van der Waals surface area contributed by atoms with Crippen molar-refractivity contribution in [3.63, 3.8) is 0 Å². The molecule has 0 radical (unpaired) electrons. The molecule has 1 amide bonds. The highest BCUT2D eigenvalue weighted by Crippen LogP contribution is 2.40. The van der Waals surface area contributed by atoms with E-state index in [1.807, 2.05) is 37.3 Å². The van der Waals surface area contributed by atoms with E-state index in [0.717, 1.165) is 31.5 Å². The van der Waals surface area contributed by atoms with Crippen LogP contribution in [0.5, 0.6) is 0 Å². The first-order valence-corrected chi connectivity index (χ1v) is 13.2. The number of piperidine rings is 1. The Hall–Kier alpha value is -3.07. The van der Waals surface area contributed by atoms with E-state index in [2.05, 4.69) is 28.9 Å². The minimum Gasteiger partial charge on any atom is -0.368 e. The Balaban J connectivity index is 1.68. The van der Waals surface area contributed by atoms with E-state index in [0.29, 0.717) is 46.0 Å². The van der Waals surface area contributed by atoms with Crippen molar-refractivity contribution in [1.82, 2.24) is 9.88 Å². The standard InChI is InChI=1S/C27H32N6OS/c1-3-21-22(16-28)26(32-14-11-20(12-15-32)33-13-7-8-18(33)2)31-27(23(21)17-29)35-24(25(30)34)19-9-5-4-6-10-19/h4-6,9-10,18,20,24H,3,7-8,11-15H2,1-2H3,(H2,30,34)/t18-,24?/m0/s1. The van der Waals surface area contributed by atoms with Crippen molar-refractivity contribution in [1.29, 1.82) is 10.5 Å². The molecule has 182 valence electrons. The molecule has 2 N–H and O–H groups in total. The normalized spacial score (nSPS) is 19.8. The third kappa shape index (κ3) is 5.15. The number of amides is 1. The predicted octanol–water partition coefficient (Wildman–Crippen LogP) is 4.16. The molecule has 1 aromatic heterocycles. The van der Waals surface area contributed by atoms with Crippen LogP contribution in [-0.2, 0) is 11.2 Å². The Kier molecular flexibility index (Phi) is 7.95. The average molecular weight is 489 g/mol. The van der Waals surface area contributed by atoms with Gasteiger partial charge in [-0.25, -0.2) is 4.98 Å². The number of primary amides is 1. The SMILES string of the molecule is CCc1c(C#N)c(SC(C(N)=O)c2ccccc2)nc(N2CCC(N3CCC[C@@H]3C)CC2)c1C#N. The number of thioether (sulfide) groups is 1. The number of carbonyl (C=O) groups is 1. The quantitative estimate of drug-likeness (QED) is 0.583. The zero-order valence-electron chi connectivity index (χ0n) is 20.4. The van der Waals surface area contributed by atoms with Gasteiger partial charge in [0.15, 0.2) is 0 Å². The summed E-state index contributed by atoms with van der Waals surface area (Å²) in [6.45, 7) is 7.05. The van der Waals surface area contributed by atoms with E-state index in [1.54, 1.807) is 0 Å². The summed E-state index contributed by atoms with van der Waals surface area (Å²) in [5, 5.41) is 19.9. The van der Waals surface area contributed by atoms with Gasteiger partial charge in [0.25, 0.3) is 0 Å². The van der Waals surface area contributed by atoms with Crippen molar-refractivity contribution >= 4 is 23.5 Å². The fourth-order valence-electron chi connectivity index (χ4n) is 5.43. The second-order valence-electron chi connectivity index (χ2n) is 9.30. The molecular weight excluding hydrogens is 456 g/mol. The molecule has 1 unspecified atom stereocenters. The molecule has 2 aliphatic heterocycles. The Labute approximate surface area is 211 Å². The molecule has 2 aliphatic rings. The van der Waals surface area contributed by atoms with Gasteiger partial charge in [0.05, 0.1) is 11.1 Å². The Morgan fingerprint density at radius 3 is 2.37 bits per heavy atom. The van der Waals surface area contributed by atoms with E-state index >= 15 is 0 Å². The number of rotatable bonds is 7. The number of anilines is 1. The van der Waals surface area contributed by atoms with Crippen LogP contribution in [0, 0.1) is 22.7 Å². The molecule has 8 heteroatoms. The van der Waals surface area contributed by atoms with E-state index in [-0.39, 0.29) is 0 Å². The van der Waals surface area contributed by atoms with Gasteiger partial charge < -0.3 is 10.6 Å². The largest absolute Gasteiger partial charge is 0.368 e. The second kappa shape index (κ2) is 11.1. The first-order valence-electron chi connectivity index (χ1n) is 12.4. The molecule has 3 heterocycles. The number of nitrogens with two attached hydrogens (primary N) is 1. The number of hydrogen-bond donors (Lipinski definition) is 1. The number of hydrogen-bond acceptors (Lipinski definition) is 7. The van der Waals surface area contributed by atoms with E-state index < -0.39 is 11.2 Å². The van der Waals surface area contributed by atoms with Crippen molar-refractivity contribution in [2.24, 2.45) is 5.73 Å². The minimum absolute atomic E-state index is 0.362. The number of pyridine rings is 1. The number of nitrogens with zero attached hydrogens (tertiary/aromatic N) is 5. The fraction of sp³-hybridized carbons (Fsp3) is 0.481. The highest BCUT2D eigenvalue weighted by Gasteiger charge is 2.33. The monoisotopic (exact) mass is 488 g/mol. The lowest BCUT2D eigenvalue weighted by Gasteiger charge is -2.39. The number of carbonyl (C=O) groups excluding carboxylic acids is 1. The van der Waals surface area contributed by atoms with Crippen LogP contribution in [0.4, 0.5) is 5.82 Å². The van der Waals surface area contributed by atoms with Crippen molar-refractivity contribution in [2.75, 3.05) is 24.5 Å². The fourth-order valence-corrected chi connectivity index (χ4v) is 6.49.